The third-order valence-corrected chi connectivity index (χ3v) is 3.93. The van der Waals surface area contributed by atoms with E-state index in [1.807, 2.05) is 13.8 Å². The van der Waals surface area contributed by atoms with Gasteiger partial charge in [0.15, 0.2) is 11.6 Å². The van der Waals surface area contributed by atoms with Gasteiger partial charge in [0.25, 0.3) is 0 Å². The van der Waals surface area contributed by atoms with Crippen LogP contribution in [0.2, 0.25) is 0 Å². The quantitative estimate of drug-likeness (QED) is 0.424. The number of thioether (sulfide) groups is 1. The first-order valence-corrected chi connectivity index (χ1v) is 7.90. The predicted octanol–water partition coefficient (Wildman–Crippen LogP) is 4.68. The second kappa shape index (κ2) is 7.13. The molecule has 0 saturated carbocycles. The summed E-state index contributed by atoms with van der Waals surface area (Å²) in [6, 6.07) is 0.912. The van der Waals surface area contributed by atoms with Crippen molar-refractivity contribution in [3.05, 3.63) is 29.6 Å². The molecule has 7 heteroatoms. The average molecular weight is 350 g/mol. The summed E-state index contributed by atoms with van der Waals surface area (Å²) in [7, 11) is 0. The molecule has 0 amide bonds. The highest BCUT2D eigenvalue weighted by molar-refractivity contribution is 8.02. The predicted molar refractivity (Wildman–Crippen MR) is 83.9 cm³/mol. The van der Waals surface area contributed by atoms with Gasteiger partial charge in [0.1, 0.15) is 15.5 Å². The summed E-state index contributed by atoms with van der Waals surface area (Å²) < 4.78 is 49.4. The molecular formula is C16H21F3O3S. The number of halogens is 3. The van der Waals surface area contributed by atoms with Gasteiger partial charge in [0.2, 0.25) is 5.75 Å². The monoisotopic (exact) mass is 350 g/mol. The maximum atomic E-state index is 13.6. The van der Waals surface area contributed by atoms with E-state index < -0.39 is 38.9 Å². The SMILES string of the molecule is CC(C)OC(C)(C)SC(C)(C)C(=O)Oc1c(F)cc(F)cc1F. The van der Waals surface area contributed by atoms with Crippen LogP contribution in [0.25, 0.3) is 0 Å². The third-order valence-electron chi connectivity index (χ3n) is 2.67. The van der Waals surface area contributed by atoms with Gasteiger partial charge in [-0.25, -0.2) is 13.2 Å². The topological polar surface area (TPSA) is 35.5 Å². The summed E-state index contributed by atoms with van der Waals surface area (Å²) in [4.78, 5) is 11.5. The molecule has 0 bridgehead atoms. The first-order valence-electron chi connectivity index (χ1n) is 7.09. The lowest BCUT2D eigenvalue weighted by molar-refractivity contribution is -0.136. The summed E-state index contributed by atoms with van der Waals surface area (Å²) in [5.74, 6) is -5.39. The van der Waals surface area contributed by atoms with E-state index in [-0.39, 0.29) is 6.10 Å². The molecule has 0 aliphatic carbocycles. The standard InChI is InChI=1S/C16H21F3O3S/c1-9(2)22-16(5,6)23-15(3,4)14(20)21-13-11(18)7-10(17)8-12(13)19/h7-9H,1-6H3. The largest absolute Gasteiger partial charge is 0.419 e. The molecule has 0 N–H and O–H groups in total. The number of ether oxygens (including phenoxy) is 2. The minimum atomic E-state index is -1.27. The molecule has 130 valence electrons. The molecule has 1 rings (SSSR count). The van der Waals surface area contributed by atoms with Crippen molar-refractivity contribution in [2.45, 2.75) is 57.3 Å². The number of rotatable bonds is 6. The number of benzene rings is 1. The van der Waals surface area contributed by atoms with Crippen molar-refractivity contribution in [1.29, 1.82) is 0 Å². The molecule has 0 atom stereocenters. The van der Waals surface area contributed by atoms with Gasteiger partial charge in [0.05, 0.1) is 6.10 Å². The molecule has 0 aliphatic rings. The molecular weight excluding hydrogens is 329 g/mol. The van der Waals surface area contributed by atoms with E-state index in [2.05, 4.69) is 0 Å². The molecule has 23 heavy (non-hydrogen) atoms. The second-order valence-electron chi connectivity index (χ2n) is 6.27. The molecule has 0 radical (unpaired) electrons. The Morgan fingerprint density at radius 2 is 1.57 bits per heavy atom. The summed E-state index contributed by atoms with van der Waals surface area (Å²) >= 11 is 1.16. The minimum Gasteiger partial charge on any atom is -0.419 e. The van der Waals surface area contributed by atoms with Crippen LogP contribution in [-0.4, -0.2) is 21.8 Å². The Kier molecular flexibility index (Phi) is 6.15. The van der Waals surface area contributed by atoms with Crippen LogP contribution in [0.5, 0.6) is 5.75 Å². The second-order valence-corrected chi connectivity index (χ2v) is 8.47. The Morgan fingerprint density at radius 1 is 1.09 bits per heavy atom. The zero-order chi connectivity index (χ0) is 18.0. The third kappa shape index (κ3) is 5.73. The van der Waals surface area contributed by atoms with Crippen molar-refractivity contribution in [1.82, 2.24) is 0 Å². The van der Waals surface area contributed by atoms with Crippen molar-refractivity contribution < 1.29 is 27.4 Å². The van der Waals surface area contributed by atoms with Crippen LogP contribution < -0.4 is 4.74 Å². The van der Waals surface area contributed by atoms with Crippen molar-refractivity contribution in [2.24, 2.45) is 0 Å². The molecule has 0 fully saturated rings. The van der Waals surface area contributed by atoms with Crippen molar-refractivity contribution in [3.8, 4) is 5.75 Å². The zero-order valence-electron chi connectivity index (χ0n) is 14.0. The molecule has 0 unspecified atom stereocenters. The van der Waals surface area contributed by atoms with Crippen LogP contribution in [0.1, 0.15) is 41.5 Å². The van der Waals surface area contributed by atoms with Gasteiger partial charge in [0, 0.05) is 12.1 Å². The molecule has 0 aliphatic heterocycles. The average Bonchev–Trinajstić information content (AvgIpc) is 2.29. The van der Waals surface area contributed by atoms with Crippen LogP contribution >= 0.6 is 11.8 Å². The van der Waals surface area contributed by atoms with Gasteiger partial charge in [-0.1, -0.05) is 0 Å². The molecule has 0 spiro atoms. The van der Waals surface area contributed by atoms with Gasteiger partial charge in [-0.2, -0.15) is 0 Å². The lowest BCUT2D eigenvalue weighted by Crippen LogP contribution is -2.39. The number of hydrogen-bond donors (Lipinski definition) is 0. The maximum absolute atomic E-state index is 13.6. The molecule has 0 aromatic heterocycles. The Balaban J connectivity index is 2.92. The molecule has 0 heterocycles. The minimum absolute atomic E-state index is 0.0590. The van der Waals surface area contributed by atoms with Gasteiger partial charge < -0.3 is 9.47 Å². The van der Waals surface area contributed by atoms with Crippen LogP contribution in [0, 0.1) is 17.5 Å². The molecule has 1 aromatic rings. The zero-order valence-corrected chi connectivity index (χ0v) is 14.8. The highest BCUT2D eigenvalue weighted by Crippen LogP contribution is 2.39. The lowest BCUT2D eigenvalue weighted by Gasteiger charge is -2.34. The van der Waals surface area contributed by atoms with E-state index in [1.165, 1.54) is 0 Å². The summed E-state index contributed by atoms with van der Waals surface area (Å²) in [6.45, 7) is 10.4. The van der Waals surface area contributed by atoms with Gasteiger partial charge in [-0.05, 0) is 41.5 Å². The highest BCUT2D eigenvalue weighted by Gasteiger charge is 2.39. The fraction of sp³-hybridized carbons (Fsp3) is 0.562. The Bertz CT molecular complexity index is 563. The number of hydrogen-bond acceptors (Lipinski definition) is 4. The van der Waals surface area contributed by atoms with Crippen molar-refractivity contribution in [3.63, 3.8) is 0 Å². The van der Waals surface area contributed by atoms with E-state index in [0.29, 0.717) is 12.1 Å². The maximum Gasteiger partial charge on any atom is 0.327 e. The Hall–Kier alpha value is -1.21. The van der Waals surface area contributed by atoms with E-state index in [0.717, 1.165) is 11.8 Å². The summed E-state index contributed by atoms with van der Waals surface area (Å²) in [6.07, 6.45) is -0.0590. The lowest BCUT2D eigenvalue weighted by atomic mass is 10.2. The number of carbonyl (C=O) groups is 1. The highest BCUT2D eigenvalue weighted by atomic mass is 32.2. The van der Waals surface area contributed by atoms with Crippen LogP contribution in [0.4, 0.5) is 13.2 Å². The van der Waals surface area contributed by atoms with Crippen molar-refractivity contribution >= 4 is 17.7 Å². The Labute approximate surface area is 138 Å². The fourth-order valence-electron chi connectivity index (χ4n) is 2.09. The van der Waals surface area contributed by atoms with Gasteiger partial charge in [-0.3, -0.25) is 4.79 Å². The molecule has 3 nitrogen and oxygen atoms in total. The first-order chi connectivity index (χ1) is 10.3. The smallest absolute Gasteiger partial charge is 0.327 e. The van der Waals surface area contributed by atoms with Crippen molar-refractivity contribution in [2.75, 3.05) is 0 Å². The van der Waals surface area contributed by atoms with E-state index in [4.69, 9.17) is 9.47 Å². The van der Waals surface area contributed by atoms with Gasteiger partial charge in [-0.15, -0.1) is 11.8 Å². The van der Waals surface area contributed by atoms with Crippen LogP contribution in [0.3, 0.4) is 0 Å². The Morgan fingerprint density at radius 3 is 2.00 bits per heavy atom. The fourth-order valence-corrected chi connectivity index (χ4v) is 3.68. The molecule has 1 aromatic carbocycles. The van der Waals surface area contributed by atoms with Crippen LogP contribution in [-0.2, 0) is 9.53 Å². The van der Waals surface area contributed by atoms with E-state index in [1.54, 1.807) is 27.7 Å². The van der Waals surface area contributed by atoms with E-state index in [9.17, 15) is 18.0 Å². The first kappa shape index (κ1) is 19.8. The normalized spacial score (nSPS) is 12.6. The van der Waals surface area contributed by atoms with Gasteiger partial charge >= 0.3 is 5.97 Å². The number of carbonyl (C=O) groups excluding carboxylic acids is 1. The number of esters is 1. The molecule has 0 saturated heterocycles. The van der Waals surface area contributed by atoms with Crippen LogP contribution in [0.15, 0.2) is 12.1 Å². The van der Waals surface area contributed by atoms with E-state index >= 15 is 0 Å². The summed E-state index contributed by atoms with van der Waals surface area (Å²) in [5, 5.41) is 0. The summed E-state index contributed by atoms with van der Waals surface area (Å²) in [5.41, 5.74) is 0.